The summed E-state index contributed by atoms with van der Waals surface area (Å²) in [7, 11) is 0. The van der Waals surface area contributed by atoms with Crippen LogP contribution in [0.25, 0.3) is 0 Å². The van der Waals surface area contributed by atoms with Crippen LogP contribution in [0.2, 0.25) is 0 Å². The van der Waals surface area contributed by atoms with E-state index in [2.05, 4.69) is 5.32 Å². The van der Waals surface area contributed by atoms with Crippen LogP contribution in [0, 0.1) is 17.3 Å². The Morgan fingerprint density at radius 3 is 2.19 bits per heavy atom. The van der Waals surface area contributed by atoms with Gasteiger partial charge in [-0.05, 0) is 25.7 Å². The topological polar surface area (TPSA) is 52.6 Å². The maximum atomic E-state index is 12.2. The van der Waals surface area contributed by atoms with Crippen molar-refractivity contribution in [3.05, 3.63) is 0 Å². The summed E-state index contributed by atoms with van der Waals surface area (Å²) < 4.78 is 0. The molecule has 0 aromatic heterocycles. The molecular weight excluding hydrogens is 264 g/mol. The lowest BCUT2D eigenvalue weighted by Gasteiger charge is -2.45. The van der Waals surface area contributed by atoms with Crippen molar-refractivity contribution in [1.29, 1.82) is 0 Å². The summed E-state index contributed by atoms with van der Waals surface area (Å²) in [5, 5.41) is 13.1. The first kappa shape index (κ1) is 16.6. The predicted molar refractivity (Wildman–Crippen MR) is 85.1 cm³/mol. The van der Waals surface area contributed by atoms with E-state index in [0.29, 0.717) is 6.54 Å². The normalized spacial score (nSPS) is 22.0. The molecule has 0 radical (unpaired) electrons. The van der Waals surface area contributed by atoms with Gasteiger partial charge in [0.15, 0.2) is 0 Å². The Balaban J connectivity index is 1.71. The van der Waals surface area contributed by atoms with Crippen molar-refractivity contribution in [2.24, 2.45) is 17.3 Å². The number of hydrogen-bond acceptors (Lipinski definition) is 2. The van der Waals surface area contributed by atoms with Gasteiger partial charge in [-0.2, -0.15) is 0 Å². The molecule has 21 heavy (non-hydrogen) atoms. The fraction of sp³-hybridized carbons (Fsp3) is 0.941. The van der Waals surface area contributed by atoms with Gasteiger partial charge in [0.25, 0.3) is 0 Å². The summed E-state index contributed by atoms with van der Waals surface area (Å²) in [5.74, 6) is 1.56. The molecule has 2 N–H and O–H groups in total. The lowest BCUT2D eigenvalue weighted by atomic mass is 9.76. The van der Waals surface area contributed by atoms with Crippen LogP contribution in [0.15, 0.2) is 0 Å². The van der Waals surface area contributed by atoms with Crippen molar-refractivity contribution >= 4 is 6.03 Å². The van der Waals surface area contributed by atoms with Gasteiger partial charge in [0, 0.05) is 25.0 Å². The maximum absolute atomic E-state index is 12.2. The van der Waals surface area contributed by atoms with Crippen LogP contribution in [-0.2, 0) is 0 Å². The van der Waals surface area contributed by atoms with Crippen molar-refractivity contribution < 1.29 is 9.90 Å². The van der Waals surface area contributed by atoms with Crippen LogP contribution in [0.4, 0.5) is 4.79 Å². The van der Waals surface area contributed by atoms with Gasteiger partial charge in [-0.3, -0.25) is 0 Å². The summed E-state index contributed by atoms with van der Waals surface area (Å²) in [6, 6.07) is 0.0272. The van der Waals surface area contributed by atoms with Crippen molar-refractivity contribution in [3.8, 4) is 0 Å². The molecule has 1 saturated carbocycles. The number of aliphatic hydroxyl groups is 1. The molecule has 1 heterocycles. The minimum atomic E-state index is -0.806. The Labute approximate surface area is 129 Å². The minimum Gasteiger partial charge on any atom is -0.390 e. The number of likely N-dealkylation sites (tertiary alicyclic amines) is 1. The van der Waals surface area contributed by atoms with Crippen molar-refractivity contribution in [1.82, 2.24) is 10.2 Å². The second-order valence-corrected chi connectivity index (χ2v) is 8.16. The molecule has 4 heteroatoms. The van der Waals surface area contributed by atoms with E-state index in [9.17, 15) is 9.90 Å². The number of hydrogen-bond donors (Lipinski definition) is 2. The molecule has 0 aromatic rings. The van der Waals surface area contributed by atoms with E-state index >= 15 is 0 Å². The number of rotatable bonds is 4. The molecule has 122 valence electrons. The van der Waals surface area contributed by atoms with Gasteiger partial charge in [0.05, 0.1) is 5.60 Å². The summed E-state index contributed by atoms with van der Waals surface area (Å²) in [6.07, 6.45) is 6.83. The zero-order valence-corrected chi connectivity index (χ0v) is 14.1. The fourth-order valence-electron chi connectivity index (χ4n) is 3.21. The van der Waals surface area contributed by atoms with Crippen molar-refractivity contribution in [3.63, 3.8) is 0 Å². The average molecular weight is 296 g/mol. The van der Waals surface area contributed by atoms with E-state index in [4.69, 9.17) is 0 Å². The number of carbonyl (C=O) groups is 1. The SMILES string of the molecule is CC(C)(O)C(C)(C)CNC(=O)N1CC(C2CCCCC2)C1. The number of nitrogens with one attached hydrogen (secondary N) is 1. The maximum Gasteiger partial charge on any atom is 0.317 e. The standard InChI is InChI=1S/C17H32N2O2/c1-16(2,17(3,4)21)12-18-15(20)19-10-14(11-19)13-8-6-5-7-9-13/h13-14,21H,5-12H2,1-4H3,(H,18,20). The third kappa shape index (κ3) is 3.91. The van der Waals surface area contributed by atoms with Crippen LogP contribution in [0.3, 0.4) is 0 Å². The fourth-order valence-corrected chi connectivity index (χ4v) is 3.21. The minimum absolute atomic E-state index is 0.0272. The molecule has 0 aromatic carbocycles. The number of carbonyl (C=O) groups excluding carboxylic acids is 1. The van der Waals surface area contributed by atoms with Crippen LogP contribution >= 0.6 is 0 Å². The van der Waals surface area contributed by atoms with Crippen LogP contribution < -0.4 is 5.32 Å². The lowest BCUT2D eigenvalue weighted by Crippen LogP contribution is -2.58. The summed E-state index contributed by atoms with van der Waals surface area (Å²) >= 11 is 0. The highest BCUT2D eigenvalue weighted by Gasteiger charge is 2.38. The molecule has 1 aliphatic heterocycles. The highest BCUT2D eigenvalue weighted by atomic mass is 16.3. The Bertz CT molecular complexity index is 361. The predicted octanol–water partition coefficient (Wildman–Crippen LogP) is 3.01. The molecule has 2 fully saturated rings. The van der Waals surface area contributed by atoms with Gasteiger partial charge in [-0.25, -0.2) is 4.79 Å². The van der Waals surface area contributed by atoms with E-state index in [-0.39, 0.29) is 11.4 Å². The first-order valence-corrected chi connectivity index (χ1v) is 8.46. The second kappa shape index (κ2) is 6.15. The van der Waals surface area contributed by atoms with Gasteiger partial charge in [-0.1, -0.05) is 46.0 Å². The summed E-state index contributed by atoms with van der Waals surface area (Å²) in [6.45, 7) is 9.88. The van der Waals surface area contributed by atoms with Crippen LogP contribution in [0.5, 0.6) is 0 Å². The zero-order chi connectivity index (χ0) is 15.7. The first-order valence-electron chi connectivity index (χ1n) is 8.46. The summed E-state index contributed by atoms with van der Waals surface area (Å²) in [5.41, 5.74) is -1.14. The van der Waals surface area contributed by atoms with E-state index < -0.39 is 5.60 Å². The molecule has 0 bridgehead atoms. The molecule has 1 saturated heterocycles. The monoisotopic (exact) mass is 296 g/mol. The quantitative estimate of drug-likeness (QED) is 0.838. The molecule has 2 aliphatic rings. The largest absolute Gasteiger partial charge is 0.390 e. The first-order chi connectivity index (χ1) is 9.71. The van der Waals surface area contributed by atoms with Gasteiger partial charge in [-0.15, -0.1) is 0 Å². The molecule has 2 amide bonds. The molecular formula is C17H32N2O2. The van der Waals surface area contributed by atoms with Gasteiger partial charge < -0.3 is 15.3 Å². The van der Waals surface area contributed by atoms with Gasteiger partial charge in [0.2, 0.25) is 0 Å². The van der Waals surface area contributed by atoms with Crippen molar-refractivity contribution in [2.45, 2.75) is 65.4 Å². The Kier molecular flexibility index (Phi) is 4.86. The number of nitrogens with zero attached hydrogens (tertiary/aromatic N) is 1. The molecule has 1 aliphatic carbocycles. The number of amides is 2. The molecule has 0 spiro atoms. The molecule has 4 nitrogen and oxygen atoms in total. The lowest BCUT2D eigenvalue weighted by molar-refractivity contribution is -0.0334. The van der Waals surface area contributed by atoms with E-state index in [1.807, 2.05) is 18.7 Å². The smallest absolute Gasteiger partial charge is 0.317 e. The average Bonchev–Trinajstić information content (AvgIpc) is 2.34. The van der Waals surface area contributed by atoms with Crippen LogP contribution in [0.1, 0.15) is 59.8 Å². The molecule has 0 atom stereocenters. The number of urea groups is 1. The third-order valence-corrected chi connectivity index (χ3v) is 5.85. The van der Waals surface area contributed by atoms with E-state index in [1.165, 1.54) is 32.1 Å². The summed E-state index contributed by atoms with van der Waals surface area (Å²) in [4.78, 5) is 14.1. The third-order valence-electron chi connectivity index (χ3n) is 5.85. The van der Waals surface area contributed by atoms with Crippen LogP contribution in [-0.4, -0.2) is 41.3 Å². The Hall–Kier alpha value is -0.770. The van der Waals surface area contributed by atoms with Gasteiger partial charge in [0.1, 0.15) is 0 Å². The van der Waals surface area contributed by atoms with E-state index in [1.54, 1.807) is 13.8 Å². The van der Waals surface area contributed by atoms with E-state index in [0.717, 1.165) is 24.9 Å². The van der Waals surface area contributed by atoms with Gasteiger partial charge >= 0.3 is 6.03 Å². The Morgan fingerprint density at radius 1 is 1.10 bits per heavy atom. The Morgan fingerprint density at radius 2 is 1.67 bits per heavy atom. The highest BCUT2D eigenvalue weighted by Crippen LogP contribution is 2.35. The zero-order valence-electron chi connectivity index (χ0n) is 14.1. The highest BCUT2D eigenvalue weighted by molar-refractivity contribution is 5.75. The second-order valence-electron chi connectivity index (χ2n) is 8.16. The molecule has 0 unspecified atom stereocenters. The van der Waals surface area contributed by atoms with Crippen molar-refractivity contribution in [2.75, 3.05) is 19.6 Å². The molecule has 2 rings (SSSR count).